The van der Waals surface area contributed by atoms with Gasteiger partial charge < -0.3 is 15.7 Å². The highest BCUT2D eigenvalue weighted by Gasteiger charge is 2.24. The van der Waals surface area contributed by atoms with Gasteiger partial charge in [-0.2, -0.15) is 5.26 Å². The van der Waals surface area contributed by atoms with Crippen molar-refractivity contribution >= 4 is 5.69 Å². The Labute approximate surface area is 114 Å². The minimum Gasteiger partial charge on any atom is -0.395 e. The second-order valence-electron chi connectivity index (χ2n) is 5.02. The Bertz CT molecular complexity index is 461. The molecule has 0 atom stereocenters. The van der Waals surface area contributed by atoms with Gasteiger partial charge in [-0.3, -0.25) is 0 Å². The van der Waals surface area contributed by atoms with Crippen LogP contribution in [-0.2, 0) is 6.54 Å². The van der Waals surface area contributed by atoms with Crippen molar-refractivity contribution in [2.45, 2.75) is 38.3 Å². The lowest BCUT2D eigenvalue weighted by atomic mass is 10.1. The molecule has 1 aliphatic rings. The molecule has 0 aliphatic heterocycles. The quantitative estimate of drug-likeness (QED) is 0.845. The Balaban J connectivity index is 2.32. The molecule has 3 N–H and O–H groups in total. The number of benzene rings is 1. The maximum atomic E-state index is 9.32. The molecular weight excluding hydrogens is 238 g/mol. The molecule has 2 rings (SSSR count). The highest BCUT2D eigenvalue weighted by molar-refractivity contribution is 5.61. The summed E-state index contributed by atoms with van der Waals surface area (Å²) in [5, 5.41) is 18.6. The van der Waals surface area contributed by atoms with Crippen LogP contribution in [0.2, 0.25) is 0 Å². The average molecular weight is 259 g/mol. The summed E-state index contributed by atoms with van der Waals surface area (Å²) in [4.78, 5) is 2.19. The third kappa shape index (κ3) is 3.06. The molecule has 0 heterocycles. The molecule has 0 amide bonds. The number of nitrogens with two attached hydrogens (primary N) is 1. The number of anilines is 1. The highest BCUT2D eigenvalue weighted by atomic mass is 16.3. The monoisotopic (exact) mass is 259 g/mol. The predicted molar refractivity (Wildman–Crippen MR) is 75.7 cm³/mol. The summed E-state index contributed by atoms with van der Waals surface area (Å²) < 4.78 is 0. The average Bonchev–Trinajstić information content (AvgIpc) is 2.98. The largest absolute Gasteiger partial charge is 0.395 e. The predicted octanol–water partition coefficient (Wildman–Crippen LogP) is 1.76. The molecule has 1 aliphatic carbocycles. The zero-order valence-corrected chi connectivity index (χ0v) is 11.2. The summed E-state index contributed by atoms with van der Waals surface area (Å²) in [6.07, 6.45) is 4.75. The zero-order chi connectivity index (χ0) is 13.7. The minimum atomic E-state index is 0.111. The van der Waals surface area contributed by atoms with Crippen molar-refractivity contribution in [3.05, 3.63) is 29.3 Å². The van der Waals surface area contributed by atoms with Crippen LogP contribution in [0.3, 0.4) is 0 Å². The van der Waals surface area contributed by atoms with E-state index in [0.717, 1.165) is 24.1 Å². The van der Waals surface area contributed by atoms with E-state index >= 15 is 0 Å². The number of hydrogen-bond acceptors (Lipinski definition) is 4. The molecule has 1 saturated carbocycles. The van der Waals surface area contributed by atoms with Gasteiger partial charge in [0.05, 0.1) is 17.9 Å². The Morgan fingerprint density at radius 2 is 2.11 bits per heavy atom. The zero-order valence-electron chi connectivity index (χ0n) is 11.2. The number of aliphatic hydroxyl groups is 1. The fourth-order valence-electron chi connectivity index (χ4n) is 2.87. The highest BCUT2D eigenvalue weighted by Crippen LogP contribution is 2.30. The molecule has 0 spiro atoms. The summed E-state index contributed by atoms with van der Waals surface area (Å²) in [6.45, 7) is 1.14. The number of hydrogen-bond donors (Lipinski definition) is 2. The van der Waals surface area contributed by atoms with E-state index in [2.05, 4.69) is 11.0 Å². The summed E-state index contributed by atoms with van der Waals surface area (Å²) in [7, 11) is 0. The fourth-order valence-corrected chi connectivity index (χ4v) is 2.87. The van der Waals surface area contributed by atoms with Gasteiger partial charge in [0.15, 0.2) is 0 Å². The number of nitriles is 1. The van der Waals surface area contributed by atoms with Gasteiger partial charge in [-0.15, -0.1) is 0 Å². The standard InChI is InChI=1S/C15H21N3O/c16-10-12-5-6-15(13(9-12)11-17)18(7-8-19)14-3-1-2-4-14/h5-6,9,14,19H,1-4,7-8,10,16H2. The second-order valence-corrected chi connectivity index (χ2v) is 5.02. The second kappa shape index (κ2) is 6.55. The van der Waals surface area contributed by atoms with Crippen molar-refractivity contribution in [1.82, 2.24) is 0 Å². The van der Waals surface area contributed by atoms with E-state index in [0.29, 0.717) is 24.7 Å². The number of aliphatic hydroxyl groups excluding tert-OH is 1. The Morgan fingerprint density at radius 1 is 1.37 bits per heavy atom. The van der Waals surface area contributed by atoms with E-state index < -0.39 is 0 Å². The van der Waals surface area contributed by atoms with Crippen LogP contribution in [0.4, 0.5) is 5.69 Å². The van der Waals surface area contributed by atoms with E-state index in [9.17, 15) is 10.4 Å². The molecule has 1 fully saturated rings. The van der Waals surface area contributed by atoms with Crippen molar-refractivity contribution in [3.8, 4) is 6.07 Å². The smallest absolute Gasteiger partial charge is 0.101 e. The summed E-state index contributed by atoms with van der Waals surface area (Å²) in [6, 6.07) is 8.49. The normalized spacial score (nSPS) is 15.4. The van der Waals surface area contributed by atoms with Gasteiger partial charge >= 0.3 is 0 Å². The molecule has 0 unspecified atom stereocenters. The Kier molecular flexibility index (Phi) is 4.78. The van der Waals surface area contributed by atoms with Gasteiger partial charge in [0, 0.05) is 19.1 Å². The van der Waals surface area contributed by atoms with Gasteiger partial charge in [-0.1, -0.05) is 18.9 Å². The third-order valence-corrected chi connectivity index (χ3v) is 3.83. The molecule has 4 nitrogen and oxygen atoms in total. The molecule has 0 bridgehead atoms. The molecule has 0 aromatic heterocycles. The van der Waals surface area contributed by atoms with Crippen LogP contribution in [-0.4, -0.2) is 24.3 Å². The van der Waals surface area contributed by atoms with E-state index in [-0.39, 0.29) is 6.61 Å². The maximum absolute atomic E-state index is 9.32. The maximum Gasteiger partial charge on any atom is 0.101 e. The van der Waals surface area contributed by atoms with E-state index in [4.69, 9.17) is 5.73 Å². The van der Waals surface area contributed by atoms with Crippen LogP contribution >= 0.6 is 0 Å². The minimum absolute atomic E-state index is 0.111. The Hall–Kier alpha value is -1.57. The molecule has 0 radical (unpaired) electrons. The topological polar surface area (TPSA) is 73.3 Å². The van der Waals surface area contributed by atoms with Crippen molar-refractivity contribution in [2.24, 2.45) is 5.73 Å². The summed E-state index contributed by atoms with van der Waals surface area (Å²) >= 11 is 0. The van der Waals surface area contributed by atoms with Crippen molar-refractivity contribution in [1.29, 1.82) is 5.26 Å². The molecular formula is C15H21N3O. The van der Waals surface area contributed by atoms with E-state index in [1.54, 1.807) is 0 Å². The first kappa shape index (κ1) is 13.9. The fraction of sp³-hybridized carbons (Fsp3) is 0.533. The first-order valence-electron chi connectivity index (χ1n) is 6.90. The van der Waals surface area contributed by atoms with Crippen LogP contribution in [0.15, 0.2) is 18.2 Å². The van der Waals surface area contributed by atoms with Crippen molar-refractivity contribution < 1.29 is 5.11 Å². The van der Waals surface area contributed by atoms with Gasteiger partial charge in [0.2, 0.25) is 0 Å². The number of rotatable bonds is 5. The van der Waals surface area contributed by atoms with Crippen LogP contribution in [0.1, 0.15) is 36.8 Å². The molecule has 102 valence electrons. The molecule has 1 aromatic rings. The van der Waals surface area contributed by atoms with Crippen LogP contribution in [0.25, 0.3) is 0 Å². The van der Waals surface area contributed by atoms with Gasteiger partial charge in [0.25, 0.3) is 0 Å². The first-order chi connectivity index (χ1) is 9.30. The molecule has 1 aromatic carbocycles. The van der Waals surface area contributed by atoms with Gasteiger partial charge in [0.1, 0.15) is 6.07 Å². The Morgan fingerprint density at radius 3 is 2.68 bits per heavy atom. The molecule has 19 heavy (non-hydrogen) atoms. The van der Waals surface area contributed by atoms with Gasteiger partial charge in [-0.25, -0.2) is 0 Å². The lowest BCUT2D eigenvalue weighted by Crippen LogP contribution is -2.36. The lowest BCUT2D eigenvalue weighted by molar-refractivity contribution is 0.297. The van der Waals surface area contributed by atoms with Crippen LogP contribution in [0, 0.1) is 11.3 Å². The van der Waals surface area contributed by atoms with E-state index in [1.165, 1.54) is 12.8 Å². The third-order valence-electron chi connectivity index (χ3n) is 3.83. The van der Waals surface area contributed by atoms with Crippen molar-refractivity contribution in [3.63, 3.8) is 0 Å². The number of nitrogens with zero attached hydrogens (tertiary/aromatic N) is 2. The summed E-state index contributed by atoms with van der Waals surface area (Å²) in [5.74, 6) is 0. The molecule has 4 heteroatoms. The molecule has 0 saturated heterocycles. The first-order valence-corrected chi connectivity index (χ1v) is 6.90. The van der Waals surface area contributed by atoms with Crippen LogP contribution < -0.4 is 10.6 Å². The summed E-state index contributed by atoms with van der Waals surface area (Å²) in [5.41, 5.74) is 8.17. The van der Waals surface area contributed by atoms with Gasteiger partial charge in [-0.05, 0) is 30.5 Å². The van der Waals surface area contributed by atoms with Crippen molar-refractivity contribution in [2.75, 3.05) is 18.1 Å². The van der Waals surface area contributed by atoms with Crippen LogP contribution in [0.5, 0.6) is 0 Å². The van der Waals surface area contributed by atoms with E-state index in [1.807, 2.05) is 18.2 Å². The lowest BCUT2D eigenvalue weighted by Gasteiger charge is -2.31. The SMILES string of the molecule is N#Cc1cc(CN)ccc1N(CCO)C1CCCC1.